The molecule has 0 spiro atoms. The molecule has 1 atom stereocenters. The summed E-state index contributed by atoms with van der Waals surface area (Å²) >= 11 is 5.93. The molecule has 0 bridgehead atoms. The summed E-state index contributed by atoms with van der Waals surface area (Å²) in [6, 6.07) is 4.76. The largest absolute Gasteiger partial charge is 0.495 e. The molecule has 0 saturated carbocycles. The Bertz CT molecular complexity index is 594. The van der Waals surface area contributed by atoms with E-state index in [0.29, 0.717) is 36.1 Å². The van der Waals surface area contributed by atoms with Crippen LogP contribution in [0.1, 0.15) is 12.8 Å². The van der Waals surface area contributed by atoms with Gasteiger partial charge in [-0.3, -0.25) is 4.72 Å². The quantitative estimate of drug-likeness (QED) is 0.858. The van der Waals surface area contributed by atoms with Crippen LogP contribution < -0.4 is 15.2 Å². The number of ether oxygens (including phenoxy) is 1. The summed E-state index contributed by atoms with van der Waals surface area (Å²) in [5.41, 5.74) is 6.07. The molecule has 2 rings (SSSR count). The molecular weight excluding hydrogens is 314 g/mol. The number of hydrogen-bond acceptors (Lipinski definition) is 4. The average Bonchev–Trinajstić information content (AvgIpc) is 2.49. The minimum Gasteiger partial charge on any atom is -0.495 e. The second-order valence-corrected chi connectivity index (χ2v) is 7.14. The van der Waals surface area contributed by atoms with Crippen molar-refractivity contribution in [3.63, 3.8) is 0 Å². The molecule has 1 aliphatic heterocycles. The summed E-state index contributed by atoms with van der Waals surface area (Å²) < 4.78 is 33.9. The summed E-state index contributed by atoms with van der Waals surface area (Å²) in [4.78, 5) is 0. The smallest absolute Gasteiger partial charge is 0.301 e. The summed E-state index contributed by atoms with van der Waals surface area (Å²) in [5, 5.41) is 0.432. The van der Waals surface area contributed by atoms with Crippen LogP contribution in [0.5, 0.6) is 5.75 Å². The van der Waals surface area contributed by atoms with Crippen molar-refractivity contribution < 1.29 is 13.2 Å². The first kappa shape index (κ1) is 16.4. The van der Waals surface area contributed by atoms with Crippen molar-refractivity contribution in [3.8, 4) is 5.75 Å². The van der Waals surface area contributed by atoms with E-state index in [1.807, 2.05) is 0 Å². The summed E-state index contributed by atoms with van der Waals surface area (Å²) in [6.07, 6.45) is 1.80. The highest BCUT2D eigenvalue weighted by atomic mass is 35.5. The number of benzene rings is 1. The Balaban J connectivity index is 2.13. The Hall–Kier alpha value is -1.02. The van der Waals surface area contributed by atoms with Crippen molar-refractivity contribution in [3.05, 3.63) is 23.2 Å². The second-order valence-electron chi connectivity index (χ2n) is 5.06. The van der Waals surface area contributed by atoms with Gasteiger partial charge in [0, 0.05) is 19.2 Å². The highest BCUT2D eigenvalue weighted by Gasteiger charge is 2.28. The standard InChI is InChI=1S/C13H20ClN3O3S/c1-20-13-7-11(4-5-12(13)14)16-21(18,19)17-6-2-3-10(8-15)9-17/h4-5,7,10,16H,2-3,6,8-9,15H2,1H3. The molecule has 1 aromatic carbocycles. The number of halogens is 1. The third-order valence-corrected chi connectivity index (χ3v) is 5.37. The Morgan fingerprint density at radius 2 is 2.29 bits per heavy atom. The molecule has 3 N–H and O–H groups in total. The molecule has 118 valence electrons. The molecule has 1 fully saturated rings. The van der Waals surface area contributed by atoms with Gasteiger partial charge in [-0.15, -0.1) is 0 Å². The van der Waals surface area contributed by atoms with E-state index in [0.717, 1.165) is 12.8 Å². The lowest BCUT2D eigenvalue weighted by Gasteiger charge is -2.31. The molecule has 21 heavy (non-hydrogen) atoms. The summed E-state index contributed by atoms with van der Waals surface area (Å²) in [6.45, 7) is 1.47. The number of hydrogen-bond donors (Lipinski definition) is 2. The molecule has 1 aliphatic rings. The van der Waals surface area contributed by atoms with Gasteiger partial charge >= 0.3 is 10.2 Å². The van der Waals surface area contributed by atoms with Crippen LogP contribution in [0.25, 0.3) is 0 Å². The van der Waals surface area contributed by atoms with Crippen LogP contribution in [-0.2, 0) is 10.2 Å². The zero-order valence-electron chi connectivity index (χ0n) is 11.9. The van der Waals surface area contributed by atoms with E-state index >= 15 is 0 Å². The zero-order chi connectivity index (χ0) is 15.5. The Kier molecular flexibility index (Phi) is 5.32. The lowest BCUT2D eigenvalue weighted by molar-refractivity contribution is 0.273. The number of nitrogens with zero attached hydrogens (tertiary/aromatic N) is 1. The lowest BCUT2D eigenvalue weighted by atomic mass is 10.0. The van der Waals surface area contributed by atoms with E-state index in [4.69, 9.17) is 22.1 Å². The van der Waals surface area contributed by atoms with Gasteiger partial charge in [-0.2, -0.15) is 12.7 Å². The maximum Gasteiger partial charge on any atom is 0.301 e. The Labute approximate surface area is 130 Å². The fourth-order valence-electron chi connectivity index (χ4n) is 2.37. The molecule has 6 nitrogen and oxygen atoms in total. The van der Waals surface area contributed by atoms with E-state index in [1.165, 1.54) is 11.4 Å². The highest BCUT2D eigenvalue weighted by molar-refractivity contribution is 7.90. The van der Waals surface area contributed by atoms with Gasteiger partial charge in [0.25, 0.3) is 0 Å². The van der Waals surface area contributed by atoms with E-state index in [9.17, 15) is 8.42 Å². The first-order chi connectivity index (χ1) is 9.96. The summed E-state index contributed by atoms with van der Waals surface area (Å²) in [7, 11) is -2.11. The van der Waals surface area contributed by atoms with E-state index in [-0.39, 0.29) is 5.92 Å². The third kappa shape index (κ3) is 4.00. The molecule has 1 heterocycles. The average molecular weight is 334 g/mol. The van der Waals surface area contributed by atoms with Gasteiger partial charge < -0.3 is 10.5 Å². The van der Waals surface area contributed by atoms with Crippen LogP contribution in [0, 0.1) is 5.92 Å². The zero-order valence-corrected chi connectivity index (χ0v) is 13.5. The van der Waals surface area contributed by atoms with Crippen molar-refractivity contribution in [2.24, 2.45) is 11.7 Å². The molecule has 0 aliphatic carbocycles. The molecule has 1 saturated heterocycles. The number of anilines is 1. The number of nitrogens with one attached hydrogen (secondary N) is 1. The van der Waals surface area contributed by atoms with Gasteiger partial charge in [0.15, 0.2) is 0 Å². The molecule has 0 radical (unpaired) electrons. The molecule has 1 unspecified atom stereocenters. The highest BCUT2D eigenvalue weighted by Crippen LogP contribution is 2.28. The van der Waals surface area contributed by atoms with Gasteiger partial charge in [0.05, 0.1) is 17.8 Å². The predicted octanol–water partition coefficient (Wildman–Crippen LogP) is 1.68. The van der Waals surface area contributed by atoms with Gasteiger partial charge in [0.1, 0.15) is 5.75 Å². The van der Waals surface area contributed by atoms with Crippen molar-refractivity contribution >= 4 is 27.5 Å². The maximum absolute atomic E-state index is 12.4. The topological polar surface area (TPSA) is 84.7 Å². The maximum atomic E-state index is 12.4. The van der Waals surface area contributed by atoms with Crippen molar-refractivity contribution in [1.29, 1.82) is 0 Å². The number of rotatable bonds is 5. The summed E-state index contributed by atoms with van der Waals surface area (Å²) in [5.74, 6) is 0.644. The van der Waals surface area contributed by atoms with E-state index in [1.54, 1.807) is 18.2 Å². The van der Waals surface area contributed by atoms with Crippen LogP contribution >= 0.6 is 11.6 Å². The van der Waals surface area contributed by atoms with Crippen LogP contribution in [0.4, 0.5) is 5.69 Å². The van der Waals surface area contributed by atoms with Crippen LogP contribution in [-0.4, -0.2) is 39.5 Å². The molecule has 1 aromatic rings. The second kappa shape index (κ2) is 6.83. The van der Waals surface area contributed by atoms with E-state index < -0.39 is 10.2 Å². The molecule has 0 amide bonds. The van der Waals surface area contributed by atoms with Crippen molar-refractivity contribution in [2.45, 2.75) is 12.8 Å². The molecule has 8 heteroatoms. The van der Waals surface area contributed by atoms with Crippen molar-refractivity contribution in [2.75, 3.05) is 31.5 Å². The first-order valence-corrected chi connectivity index (χ1v) is 8.59. The first-order valence-electron chi connectivity index (χ1n) is 6.77. The fraction of sp³-hybridized carbons (Fsp3) is 0.538. The van der Waals surface area contributed by atoms with Gasteiger partial charge in [-0.05, 0) is 37.4 Å². The fourth-order valence-corrected chi connectivity index (χ4v) is 3.90. The van der Waals surface area contributed by atoms with Crippen LogP contribution in [0.3, 0.4) is 0 Å². The Morgan fingerprint density at radius 3 is 2.95 bits per heavy atom. The van der Waals surface area contributed by atoms with E-state index in [2.05, 4.69) is 4.72 Å². The minimum atomic E-state index is -3.59. The molecule has 0 aromatic heterocycles. The lowest BCUT2D eigenvalue weighted by Crippen LogP contribution is -2.44. The third-order valence-electron chi connectivity index (χ3n) is 3.55. The van der Waals surface area contributed by atoms with Crippen LogP contribution in [0.15, 0.2) is 18.2 Å². The van der Waals surface area contributed by atoms with Gasteiger partial charge in [-0.25, -0.2) is 0 Å². The SMILES string of the molecule is COc1cc(NS(=O)(=O)N2CCCC(CN)C2)ccc1Cl. The van der Waals surface area contributed by atoms with Gasteiger partial charge in [-0.1, -0.05) is 11.6 Å². The molecular formula is C13H20ClN3O3S. The van der Waals surface area contributed by atoms with Crippen LogP contribution in [0.2, 0.25) is 5.02 Å². The number of nitrogens with two attached hydrogens (primary N) is 1. The van der Waals surface area contributed by atoms with Crippen molar-refractivity contribution in [1.82, 2.24) is 4.31 Å². The number of piperidine rings is 1. The monoisotopic (exact) mass is 333 g/mol. The minimum absolute atomic E-state index is 0.218. The van der Waals surface area contributed by atoms with Gasteiger partial charge in [0.2, 0.25) is 0 Å². The predicted molar refractivity (Wildman–Crippen MR) is 83.9 cm³/mol. The normalized spacial score (nSPS) is 20.2. The Morgan fingerprint density at radius 1 is 1.52 bits per heavy atom. The number of methoxy groups -OCH3 is 1.